The van der Waals surface area contributed by atoms with Crippen LogP contribution in [0.25, 0.3) is 0 Å². The maximum absolute atomic E-state index is 4.01. The van der Waals surface area contributed by atoms with Crippen LogP contribution in [-0.4, -0.2) is 49.3 Å². The molecule has 3 heteroatoms. The van der Waals surface area contributed by atoms with Gasteiger partial charge in [-0.1, -0.05) is 0 Å². The minimum absolute atomic E-state index is 0.315. The molecule has 0 spiro atoms. The van der Waals surface area contributed by atoms with Crippen molar-refractivity contribution in [3.05, 3.63) is 12.3 Å². The molecule has 108 valence electrons. The molecule has 0 aliphatic carbocycles. The smallest absolute Gasteiger partial charge is 0.0824 e. The number of hydrogen-bond acceptors (Lipinski definition) is 2. The highest BCUT2D eigenvalue weighted by Crippen LogP contribution is 2.19. The van der Waals surface area contributed by atoms with E-state index in [9.17, 15) is 0 Å². The Hall–Kier alpha value is -0.123. The minimum atomic E-state index is -0.315. The predicted molar refractivity (Wildman–Crippen MR) is 86.8 cm³/mol. The van der Waals surface area contributed by atoms with E-state index in [1.54, 1.807) is 0 Å². The summed E-state index contributed by atoms with van der Waals surface area (Å²) in [6.07, 6.45) is 0. The Morgan fingerprint density at radius 1 is 0.722 bits per heavy atom. The molecule has 0 aromatic rings. The van der Waals surface area contributed by atoms with Crippen molar-refractivity contribution < 1.29 is 0 Å². The lowest BCUT2D eigenvalue weighted by Crippen LogP contribution is -2.60. The average Bonchev–Trinajstić information content (AvgIpc) is 2.14. The largest absolute Gasteiger partial charge is 0.286 e. The van der Waals surface area contributed by atoms with Crippen molar-refractivity contribution in [3.63, 3.8) is 0 Å². The molecule has 0 atom stereocenters. The van der Waals surface area contributed by atoms with Gasteiger partial charge in [0.05, 0.1) is 15.3 Å². The van der Waals surface area contributed by atoms with E-state index in [-0.39, 0.29) is 9.52 Å². The number of nitrogens with zero attached hydrogens (tertiary/aromatic N) is 2. The van der Waals surface area contributed by atoms with Crippen LogP contribution in [-0.2, 0) is 0 Å². The first-order chi connectivity index (χ1) is 8.23. The molecule has 0 radical (unpaired) electrons. The van der Waals surface area contributed by atoms with Crippen molar-refractivity contribution in [2.24, 2.45) is 0 Å². The fourth-order valence-electron chi connectivity index (χ4n) is 3.12. The summed E-state index contributed by atoms with van der Waals surface area (Å²) in [7, 11) is -0.315. The number of hydrogen-bond donors (Lipinski definition) is 0. The molecule has 0 heterocycles. The summed E-state index contributed by atoms with van der Waals surface area (Å²) in [4.78, 5) is 5.32. The Kier molecular flexibility index (Phi) is 8.07. The molecule has 0 amide bonds. The Balaban J connectivity index is 5.28. The fraction of sp³-hybridized carbons (Fsp3) is 0.867. The SMILES string of the molecule is C=C[SiH2]C(N(C(C)C)C(C)C)N(C(C)C)C(C)C. The van der Waals surface area contributed by atoms with Gasteiger partial charge in [-0.15, -0.1) is 12.3 Å². The third-order valence-corrected chi connectivity index (χ3v) is 5.05. The highest BCUT2D eigenvalue weighted by atomic mass is 28.2. The monoisotopic (exact) mass is 270 g/mol. The summed E-state index contributed by atoms with van der Waals surface area (Å²) < 4.78 is 0. The lowest BCUT2D eigenvalue weighted by Gasteiger charge is -2.47. The van der Waals surface area contributed by atoms with E-state index in [1.807, 2.05) is 0 Å². The maximum atomic E-state index is 4.01. The molecule has 0 aromatic carbocycles. The zero-order valence-electron chi connectivity index (χ0n) is 13.8. The van der Waals surface area contributed by atoms with Gasteiger partial charge in [-0.2, -0.15) is 0 Å². The van der Waals surface area contributed by atoms with E-state index in [0.717, 1.165) is 0 Å². The van der Waals surface area contributed by atoms with Crippen LogP contribution in [0.15, 0.2) is 12.3 Å². The Morgan fingerprint density at radius 3 is 1.17 bits per heavy atom. The minimum Gasteiger partial charge on any atom is -0.286 e. The molecule has 0 saturated carbocycles. The van der Waals surface area contributed by atoms with Gasteiger partial charge in [-0.05, 0) is 55.4 Å². The summed E-state index contributed by atoms with van der Waals surface area (Å²) in [5, 5.41) is 0. The Bertz CT molecular complexity index is 201. The molecular formula is C15H34N2Si. The van der Waals surface area contributed by atoms with E-state index in [0.29, 0.717) is 30.0 Å². The van der Waals surface area contributed by atoms with Crippen LogP contribution < -0.4 is 0 Å². The first-order valence-electron chi connectivity index (χ1n) is 7.39. The molecule has 18 heavy (non-hydrogen) atoms. The summed E-state index contributed by atoms with van der Waals surface area (Å²) in [6, 6.07) is 2.34. The van der Waals surface area contributed by atoms with Gasteiger partial charge in [0.15, 0.2) is 0 Å². The average molecular weight is 271 g/mol. The highest BCUT2D eigenvalue weighted by molar-refractivity contribution is 6.43. The van der Waals surface area contributed by atoms with E-state index in [1.165, 1.54) is 0 Å². The third kappa shape index (κ3) is 4.86. The molecule has 0 N–H and O–H groups in total. The van der Waals surface area contributed by atoms with Gasteiger partial charge in [-0.3, -0.25) is 9.80 Å². The van der Waals surface area contributed by atoms with Gasteiger partial charge in [0, 0.05) is 24.2 Å². The second kappa shape index (κ2) is 8.13. The second-order valence-corrected chi connectivity index (χ2v) is 8.05. The van der Waals surface area contributed by atoms with Gasteiger partial charge < -0.3 is 0 Å². The van der Waals surface area contributed by atoms with Crippen molar-refractivity contribution in [2.45, 2.75) is 85.3 Å². The van der Waals surface area contributed by atoms with Crippen LogP contribution in [0.1, 0.15) is 55.4 Å². The molecule has 0 fully saturated rings. The molecule has 0 aromatic heterocycles. The molecule has 2 nitrogen and oxygen atoms in total. The van der Waals surface area contributed by atoms with Gasteiger partial charge in [0.1, 0.15) is 0 Å². The topological polar surface area (TPSA) is 6.48 Å². The van der Waals surface area contributed by atoms with E-state index < -0.39 is 0 Å². The standard InChI is InChI=1S/C15H34N2Si/c1-10-18-15(16(11(2)3)12(4)5)17(13(6)7)14(8)9/h10-15H,1,18H2,2-9H3. The summed E-state index contributed by atoms with van der Waals surface area (Å²) in [5.74, 6) is 0.586. The van der Waals surface area contributed by atoms with Crippen molar-refractivity contribution in [3.8, 4) is 0 Å². The Labute approximate surface area is 117 Å². The van der Waals surface area contributed by atoms with Crippen LogP contribution in [0, 0.1) is 0 Å². The van der Waals surface area contributed by atoms with E-state index >= 15 is 0 Å². The van der Waals surface area contributed by atoms with E-state index in [2.05, 4.69) is 77.5 Å². The fourth-order valence-corrected chi connectivity index (χ4v) is 5.59. The van der Waals surface area contributed by atoms with Gasteiger partial charge in [0.25, 0.3) is 0 Å². The van der Waals surface area contributed by atoms with Crippen molar-refractivity contribution in [2.75, 3.05) is 0 Å². The lowest BCUT2D eigenvalue weighted by molar-refractivity contribution is 0.0107. The van der Waals surface area contributed by atoms with Crippen LogP contribution in [0.5, 0.6) is 0 Å². The predicted octanol–water partition coefficient (Wildman–Crippen LogP) is 2.82. The first kappa shape index (κ1) is 17.9. The van der Waals surface area contributed by atoms with Crippen LogP contribution in [0.2, 0.25) is 0 Å². The third-order valence-electron chi connectivity index (χ3n) is 3.45. The zero-order valence-corrected chi connectivity index (χ0v) is 15.2. The lowest BCUT2D eigenvalue weighted by atomic mass is 10.2. The highest BCUT2D eigenvalue weighted by Gasteiger charge is 2.31. The normalized spacial score (nSPS) is 13.7. The maximum Gasteiger partial charge on any atom is 0.0824 e. The van der Waals surface area contributed by atoms with Gasteiger partial charge in [0.2, 0.25) is 0 Å². The first-order valence-corrected chi connectivity index (χ1v) is 9.03. The van der Waals surface area contributed by atoms with Crippen molar-refractivity contribution >= 4 is 9.52 Å². The molecule has 0 aliphatic heterocycles. The van der Waals surface area contributed by atoms with Crippen molar-refractivity contribution in [1.29, 1.82) is 0 Å². The molecular weight excluding hydrogens is 236 g/mol. The van der Waals surface area contributed by atoms with Crippen molar-refractivity contribution in [1.82, 2.24) is 9.80 Å². The zero-order chi connectivity index (χ0) is 14.5. The summed E-state index contributed by atoms with van der Waals surface area (Å²) in [6.45, 7) is 22.5. The van der Waals surface area contributed by atoms with Crippen LogP contribution in [0.4, 0.5) is 0 Å². The molecule has 0 bridgehead atoms. The molecule has 0 unspecified atom stereocenters. The molecule has 0 saturated heterocycles. The van der Waals surface area contributed by atoms with Crippen LogP contribution >= 0.6 is 0 Å². The molecule has 0 rings (SSSR count). The van der Waals surface area contributed by atoms with Crippen LogP contribution in [0.3, 0.4) is 0 Å². The van der Waals surface area contributed by atoms with E-state index in [4.69, 9.17) is 0 Å². The molecule has 0 aliphatic rings. The second-order valence-electron chi connectivity index (χ2n) is 6.27. The number of rotatable bonds is 8. The van der Waals surface area contributed by atoms with Gasteiger partial charge in [-0.25, -0.2) is 0 Å². The summed E-state index contributed by atoms with van der Waals surface area (Å²) in [5.41, 5.74) is 2.19. The Morgan fingerprint density at radius 2 is 1.00 bits per heavy atom. The summed E-state index contributed by atoms with van der Waals surface area (Å²) >= 11 is 0. The van der Waals surface area contributed by atoms with Gasteiger partial charge >= 0.3 is 0 Å². The quantitative estimate of drug-likeness (QED) is 0.494.